The van der Waals surface area contributed by atoms with Crippen LogP contribution in [0.5, 0.6) is 5.75 Å². The minimum absolute atomic E-state index is 0.0365. The third-order valence-electron chi connectivity index (χ3n) is 5.26. The van der Waals surface area contributed by atoms with Crippen LogP contribution >= 0.6 is 0 Å². The summed E-state index contributed by atoms with van der Waals surface area (Å²) in [7, 11) is 1.60. The van der Waals surface area contributed by atoms with Crippen LogP contribution in [0.25, 0.3) is 0 Å². The molecule has 9 heteroatoms. The smallest absolute Gasteiger partial charge is 0.239 e. The third kappa shape index (κ3) is 7.47. The molecular weight excluding hydrogens is 434 g/mol. The molecule has 0 atom stereocenters. The van der Waals surface area contributed by atoms with Crippen molar-refractivity contribution in [3.8, 4) is 5.75 Å². The number of methoxy groups -OCH3 is 1. The summed E-state index contributed by atoms with van der Waals surface area (Å²) in [6.45, 7) is 1.21. The van der Waals surface area contributed by atoms with E-state index in [1.165, 1.54) is 6.21 Å². The number of nitrogens with zero attached hydrogens (tertiary/aromatic N) is 4. The summed E-state index contributed by atoms with van der Waals surface area (Å²) in [5.74, 6) is 0.889. The Labute approximate surface area is 198 Å². The zero-order valence-electron chi connectivity index (χ0n) is 19.1. The molecule has 0 radical (unpaired) electrons. The average Bonchev–Trinajstić information content (AvgIpc) is 3.30. The summed E-state index contributed by atoms with van der Waals surface area (Å²) >= 11 is 0. The number of carbonyl (C=O) groups is 2. The van der Waals surface area contributed by atoms with Crippen molar-refractivity contribution in [2.75, 3.05) is 13.7 Å². The number of benzene rings is 2. The van der Waals surface area contributed by atoms with Crippen LogP contribution in [-0.4, -0.2) is 51.3 Å². The first kappa shape index (κ1) is 24.5. The Morgan fingerprint density at radius 3 is 2.62 bits per heavy atom. The highest BCUT2D eigenvalue weighted by atomic mass is 16.5. The fourth-order valence-corrected chi connectivity index (χ4v) is 3.46. The van der Waals surface area contributed by atoms with Gasteiger partial charge in [0, 0.05) is 38.4 Å². The summed E-state index contributed by atoms with van der Waals surface area (Å²) in [5, 5.41) is 14.6. The number of ether oxygens (including phenoxy) is 1. The number of imidazole rings is 1. The Bertz CT molecular complexity index is 1080. The van der Waals surface area contributed by atoms with Gasteiger partial charge in [-0.05, 0) is 29.7 Å². The van der Waals surface area contributed by atoms with Crippen LogP contribution in [0.1, 0.15) is 29.8 Å². The lowest BCUT2D eigenvalue weighted by molar-refractivity contribution is -0.136. The summed E-state index contributed by atoms with van der Waals surface area (Å²) in [4.78, 5) is 31.3. The molecule has 1 aromatic heterocycles. The maximum atomic E-state index is 13.0. The van der Waals surface area contributed by atoms with Crippen LogP contribution in [0.4, 0.5) is 0 Å². The van der Waals surface area contributed by atoms with Crippen molar-refractivity contribution in [3.63, 3.8) is 0 Å². The highest BCUT2D eigenvalue weighted by molar-refractivity contribution is 5.84. The molecule has 0 spiro atoms. The number of aromatic nitrogens is 2. The van der Waals surface area contributed by atoms with Crippen molar-refractivity contribution in [2.24, 2.45) is 5.16 Å². The number of aryl methyl sites for hydroxylation is 1. The SMILES string of the molecule is COc1ccc(CN(CC(=O)NCc2ccccc2)C(=O)CCCn2ccnc2/C=N/O)cc1. The number of hydrogen-bond acceptors (Lipinski definition) is 6. The molecule has 3 aromatic rings. The molecule has 0 aliphatic heterocycles. The van der Waals surface area contributed by atoms with Gasteiger partial charge >= 0.3 is 0 Å². The van der Waals surface area contributed by atoms with Crippen molar-refractivity contribution < 1.29 is 19.5 Å². The summed E-state index contributed by atoms with van der Waals surface area (Å²) < 4.78 is 7.00. The van der Waals surface area contributed by atoms with Gasteiger partial charge < -0.3 is 24.7 Å². The van der Waals surface area contributed by atoms with Crippen LogP contribution in [0, 0.1) is 0 Å². The van der Waals surface area contributed by atoms with E-state index >= 15 is 0 Å². The van der Waals surface area contributed by atoms with Gasteiger partial charge in [0.1, 0.15) is 12.0 Å². The predicted molar refractivity (Wildman–Crippen MR) is 128 cm³/mol. The second kappa shape index (κ2) is 12.8. The van der Waals surface area contributed by atoms with Crippen molar-refractivity contribution in [1.82, 2.24) is 19.8 Å². The highest BCUT2D eigenvalue weighted by Gasteiger charge is 2.18. The second-order valence-electron chi connectivity index (χ2n) is 7.69. The molecule has 0 bridgehead atoms. The van der Waals surface area contributed by atoms with Gasteiger partial charge in [-0.1, -0.05) is 47.6 Å². The van der Waals surface area contributed by atoms with Crippen LogP contribution in [0.2, 0.25) is 0 Å². The first-order chi connectivity index (χ1) is 16.6. The lowest BCUT2D eigenvalue weighted by Crippen LogP contribution is -2.40. The van der Waals surface area contributed by atoms with Gasteiger partial charge in [0.15, 0.2) is 5.82 Å². The number of hydrogen-bond donors (Lipinski definition) is 2. The van der Waals surface area contributed by atoms with Crippen LogP contribution in [0.3, 0.4) is 0 Å². The first-order valence-corrected chi connectivity index (χ1v) is 11.0. The van der Waals surface area contributed by atoms with E-state index in [-0.39, 0.29) is 24.8 Å². The van der Waals surface area contributed by atoms with Crippen molar-refractivity contribution in [3.05, 3.63) is 83.9 Å². The molecular formula is C25H29N5O4. The lowest BCUT2D eigenvalue weighted by atomic mass is 10.2. The molecule has 0 fully saturated rings. The van der Waals surface area contributed by atoms with Crippen molar-refractivity contribution in [2.45, 2.75) is 32.5 Å². The Balaban J connectivity index is 1.61. The monoisotopic (exact) mass is 463 g/mol. The Kier molecular flexibility index (Phi) is 9.21. The summed E-state index contributed by atoms with van der Waals surface area (Å²) in [5.41, 5.74) is 1.90. The highest BCUT2D eigenvalue weighted by Crippen LogP contribution is 2.14. The zero-order valence-corrected chi connectivity index (χ0v) is 19.1. The standard InChI is InChI=1S/C25H29N5O4/c1-34-22-11-9-21(10-12-22)18-30(19-24(31)27-16-20-6-3-2-4-7-20)25(32)8-5-14-29-15-13-26-23(29)17-28-33/h2-4,6-7,9-13,15,17,33H,5,8,14,16,18-19H2,1H3,(H,27,31)/b28-17+. The Morgan fingerprint density at radius 2 is 1.91 bits per heavy atom. The molecule has 2 amide bonds. The molecule has 0 saturated heterocycles. The normalized spacial score (nSPS) is 10.9. The quantitative estimate of drug-likeness (QED) is 0.244. The van der Waals surface area contributed by atoms with E-state index in [4.69, 9.17) is 9.94 Å². The predicted octanol–water partition coefficient (Wildman–Crippen LogP) is 2.83. The van der Waals surface area contributed by atoms with E-state index in [0.29, 0.717) is 31.9 Å². The van der Waals surface area contributed by atoms with Gasteiger partial charge in [0.2, 0.25) is 11.8 Å². The van der Waals surface area contributed by atoms with E-state index in [1.807, 2.05) is 54.6 Å². The fourth-order valence-electron chi connectivity index (χ4n) is 3.46. The number of nitrogens with one attached hydrogen (secondary N) is 1. The van der Waals surface area contributed by atoms with Crippen LogP contribution in [-0.2, 0) is 29.2 Å². The average molecular weight is 464 g/mol. The van der Waals surface area contributed by atoms with Crippen LogP contribution < -0.4 is 10.1 Å². The molecule has 1 heterocycles. The van der Waals surface area contributed by atoms with Crippen molar-refractivity contribution in [1.29, 1.82) is 0 Å². The van der Waals surface area contributed by atoms with Gasteiger partial charge in [-0.15, -0.1) is 0 Å². The summed E-state index contributed by atoms with van der Waals surface area (Å²) in [6, 6.07) is 17.1. The molecule has 0 saturated carbocycles. The van der Waals surface area contributed by atoms with Gasteiger partial charge in [-0.25, -0.2) is 4.98 Å². The minimum Gasteiger partial charge on any atom is -0.497 e. The van der Waals surface area contributed by atoms with E-state index < -0.39 is 0 Å². The molecule has 9 nitrogen and oxygen atoms in total. The molecule has 34 heavy (non-hydrogen) atoms. The Hall–Kier alpha value is -4.14. The van der Waals surface area contributed by atoms with E-state index in [2.05, 4.69) is 15.5 Å². The molecule has 3 rings (SSSR count). The molecule has 0 aliphatic rings. The molecule has 178 valence electrons. The number of rotatable bonds is 12. The van der Waals surface area contributed by atoms with Gasteiger partial charge in [0.05, 0.1) is 13.7 Å². The first-order valence-electron chi connectivity index (χ1n) is 11.0. The number of oxime groups is 1. The molecule has 0 unspecified atom stereocenters. The molecule has 2 N–H and O–H groups in total. The van der Waals surface area contributed by atoms with E-state index in [9.17, 15) is 9.59 Å². The largest absolute Gasteiger partial charge is 0.497 e. The van der Waals surface area contributed by atoms with Gasteiger partial charge in [-0.2, -0.15) is 0 Å². The number of amides is 2. The molecule has 0 aliphatic carbocycles. The Morgan fingerprint density at radius 1 is 1.15 bits per heavy atom. The van der Waals surface area contributed by atoms with Gasteiger partial charge in [0.25, 0.3) is 0 Å². The third-order valence-corrected chi connectivity index (χ3v) is 5.26. The maximum Gasteiger partial charge on any atom is 0.239 e. The fraction of sp³-hybridized carbons (Fsp3) is 0.280. The molecule has 2 aromatic carbocycles. The second-order valence-corrected chi connectivity index (χ2v) is 7.69. The topological polar surface area (TPSA) is 109 Å². The van der Waals surface area contributed by atoms with Crippen LogP contribution in [0.15, 0.2) is 72.1 Å². The summed E-state index contributed by atoms with van der Waals surface area (Å²) in [6.07, 6.45) is 5.41. The van der Waals surface area contributed by atoms with E-state index in [1.54, 1.807) is 29.0 Å². The zero-order chi connectivity index (χ0) is 24.2. The minimum atomic E-state index is -0.221. The van der Waals surface area contributed by atoms with Crippen molar-refractivity contribution >= 4 is 18.0 Å². The van der Waals surface area contributed by atoms with Gasteiger partial charge in [-0.3, -0.25) is 9.59 Å². The number of carbonyl (C=O) groups excluding carboxylic acids is 2. The van der Waals surface area contributed by atoms with E-state index in [0.717, 1.165) is 16.9 Å². The maximum absolute atomic E-state index is 13.0. The lowest BCUT2D eigenvalue weighted by Gasteiger charge is -2.23.